The first-order valence-electron chi connectivity index (χ1n) is 5.99. The Bertz CT molecular complexity index is 452. The minimum absolute atomic E-state index is 0.108. The molecule has 98 valence electrons. The van der Waals surface area contributed by atoms with E-state index in [1.54, 1.807) is 0 Å². The van der Waals surface area contributed by atoms with Crippen molar-refractivity contribution in [3.63, 3.8) is 0 Å². The summed E-state index contributed by atoms with van der Waals surface area (Å²) >= 11 is 0. The van der Waals surface area contributed by atoms with E-state index in [1.807, 2.05) is 0 Å². The van der Waals surface area contributed by atoms with E-state index in [4.69, 9.17) is 0 Å². The first-order chi connectivity index (χ1) is 8.52. The second-order valence-electron chi connectivity index (χ2n) is 4.79. The molecule has 1 heterocycles. The molecule has 1 aromatic rings. The second kappa shape index (κ2) is 4.00. The maximum Gasteiger partial charge on any atom is 0.421 e. The Kier molecular flexibility index (Phi) is 2.57. The van der Waals surface area contributed by atoms with Gasteiger partial charge in [-0.05, 0) is 25.7 Å². The molecule has 2 N–H and O–H groups in total. The van der Waals surface area contributed by atoms with Gasteiger partial charge in [0.2, 0.25) is 5.95 Å². The number of halogens is 3. The Morgan fingerprint density at radius 2 is 1.67 bits per heavy atom. The van der Waals surface area contributed by atoms with Crippen molar-refractivity contribution >= 4 is 11.8 Å². The molecule has 0 aliphatic heterocycles. The van der Waals surface area contributed by atoms with E-state index >= 15 is 0 Å². The summed E-state index contributed by atoms with van der Waals surface area (Å²) in [6.45, 7) is 0. The Morgan fingerprint density at radius 3 is 2.22 bits per heavy atom. The summed E-state index contributed by atoms with van der Waals surface area (Å²) in [5.41, 5.74) is -0.796. The van der Waals surface area contributed by atoms with Crippen LogP contribution in [-0.4, -0.2) is 22.1 Å². The zero-order valence-electron chi connectivity index (χ0n) is 9.59. The highest BCUT2D eigenvalue weighted by atomic mass is 19.4. The van der Waals surface area contributed by atoms with Gasteiger partial charge in [0.25, 0.3) is 0 Å². The van der Waals surface area contributed by atoms with Crippen molar-refractivity contribution in [2.24, 2.45) is 0 Å². The molecule has 0 spiro atoms. The fraction of sp³-hybridized carbons (Fsp3) is 0.636. The van der Waals surface area contributed by atoms with Crippen LogP contribution in [0.1, 0.15) is 31.2 Å². The van der Waals surface area contributed by atoms with E-state index in [0.717, 1.165) is 31.9 Å². The lowest BCUT2D eigenvalue weighted by Crippen LogP contribution is -2.16. The first-order valence-corrected chi connectivity index (χ1v) is 5.99. The lowest BCUT2D eigenvalue weighted by Gasteiger charge is -2.14. The summed E-state index contributed by atoms with van der Waals surface area (Å²) in [5.74, 6) is 0.164. The molecule has 4 nitrogen and oxygen atoms in total. The van der Waals surface area contributed by atoms with Crippen LogP contribution in [0, 0.1) is 0 Å². The average Bonchev–Trinajstić information content (AvgIpc) is 3.12. The summed E-state index contributed by atoms with van der Waals surface area (Å²) < 4.78 is 38.4. The zero-order chi connectivity index (χ0) is 12.8. The normalized spacial score (nSPS) is 19.7. The van der Waals surface area contributed by atoms with Crippen LogP contribution < -0.4 is 10.6 Å². The third kappa shape index (κ3) is 2.65. The Labute approximate surface area is 102 Å². The number of hydrogen-bond donors (Lipinski definition) is 2. The molecule has 0 amide bonds. The lowest BCUT2D eigenvalue weighted by molar-refractivity contribution is -0.137. The quantitative estimate of drug-likeness (QED) is 0.871. The molecule has 0 aromatic carbocycles. The van der Waals surface area contributed by atoms with Crippen molar-refractivity contribution in [1.29, 1.82) is 0 Å². The summed E-state index contributed by atoms with van der Waals surface area (Å²) in [5, 5.41) is 5.81. The molecule has 0 radical (unpaired) electrons. The number of hydrogen-bond acceptors (Lipinski definition) is 4. The molecule has 1 aromatic heterocycles. The molecular formula is C11H13F3N4. The number of anilines is 2. The lowest BCUT2D eigenvalue weighted by atomic mass is 10.3. The van der Waals surface area contributed by atoms with E-state index < -0.39 is 11.7 Å². The molecule has 0 unspecified atom stereocenters. The SMILES string of the molecule is FC(F)(F)c1cnc(NC2CC2)nc1NC1CC1. The highest BCUT2D eigenvalue weighted by molar-refractivity contribution is 5.50. The van der Waals surface area contributed by atoms with Crippen LogP contribution in [0.15, 0.2) is 6.20 Å². The van der Waals surface area contributed by atoms with E-state index in [1.165, 1.54) is 0 Å². The number of nitrogens with zero attached hydrogens (tertiary/aromatic N) is 2. The smallest absolute Gasteiger partial charge is 0.367 e. The summed E-state index contributed by atoms with van der Waals surface area (Å²) in [6, 6.07) is 0.435. The molecule has 2 saturated carbocycles. The van der Waals surface area contributed by atoms with Crippen LogP contribution in [0.4, 0.5) is 24.9 Å². The molecule has 2 aliphatic rings. The van der Waals surface area contributed by atoms with Crippen molar-refractivity contribution in [2.75, 3.05) is 10.6 Å². The summed E-state index contributed by atoms with van der Waals surface area (Å²) in [7, 11) is 0. The van der Waals surface area contributed by atoms with Crippen LogP contribution in [0.5, 0.6) is 0 Å². The number of aromatic nitrogens is 2. The van der Waals surface area contributed by atoms with Gasteiger partial charge in [0.1, 0.15) is 11.4 Å². The predicted octanol–water partition coefficient (Wildman–Crippen LogP) is 2.64. The van der Waals surface area contributed by atoms with Crippen LogP contribution in [0.2, 0.25) is 0 Å². The topological polar surface area (TPSA) is 49.8 Å². The van der Waals surface area contributed by atoms with Crippen LogP contribution in [0.25, 0.3) is 0 Å². The molecule has 7 heteroatoms. The fourth-order valence-electron chi connectivity index (χ4n) is 1.60. The van der Waals surface area contributed by atoms with Gasteiger partial charge in [-0.3, -0.25) is 0 Å². The molecule has 0 bridgehead atoms. The predicted molar refractivity (Wildman–Crippen MR) is 60.3 cm³/mol. The third-order valence-electron chi connectivity index (χ3n) is 2.92. The van der Waals surface area contributed by atoms with Gasteiger partial charge in [0.05, 0.1) is 0 Å². The molecule has 2 fully saturated rings. The maximum absolute atomic E-state index is 12.8. The van der Waals surface area contributed by atoms with E-state index in [2.05, 4.69) is 20.6 Å². The van der Waals surface area contributed by atoms with Gasteiger partial charge in [0, 0.05) is 18.3 Å². The molecule has 0 atom stereocenters. The highest BCUT2D eigenvalue weighted by Gasteiger charge is 2.37. The zero-order valence-corrected chi connectivity index (χ0v) is 9.59. The van der Waals surface area contributed by atoms with Crippen LogP contribution in [-0.2, 0) is 6.18 Å². The van der Waals surface area contributed by atoms with Gasteiger partial charge >= 0.3 is 6.18 Å². The van der Waals surface area contributed by atoms with E-state index in [0.29, 0.717) is 6.04 Å². The Morgan fingerprint density at radius 1 is 1.06 bits per heavy atom. The van der Waals surface area contributed by atoms with Gasteiger partial charge < -0.3 is 10.6 Å². The summed E-state index contributed by atoms with van der Waals surface area (Å²) in [4.78, 5) is 7.68. The highest BCUT2D eigenvalue weighted by Crippen LogP contribution is 2.36. The summed E-state index contributed by atoms with van der Waals surface area (Å²) in [6.07, 6.45) is 0.267. The van der Waals surface area contributed by atoms with Crippen molar-refractivity contribution in [1.82, 2.24) is 9.97 Å². The number of alkyl halides is 3. The number of rotatable bonds is 4. The maximum atomic E-state index is 12.8. The van der Waals surface area contributed by atoms with E-state index in [9.17, 15) is 13.2 Å². The van der Waals surface area contributed by atoms with Crippen molar-refractivity contribution in [3.8, 4) is 0 Å². The first kappa shape index (κ1) is 11.6. The van der Waals surface area contributed by atoms with Gasteiger partial charge in [0.15, 0.2) is 0 Å². The van der Waals surface area contributed by atoms with Crippen LogP contribution in [0.3, 0.4) is 0 Å². The van der Waals surface area contributed by atoms with Crippen LogP contribution >= 0.6 is 0 Å². The van der Waals surface area contributed by atoms with Gasteiger partial charge in [-0.25, -0.2) is 4.98 Å². The molecule has 18 heavy (non-hydrogen) atoms. The number of nitrogens with one attached hydrogen (secondary N) is 2. The molecule has 0 saturated heterocycles. The van der Waals surface area contributed by atoms with Gasteiger partial charge in [-0.1, -0.05) is 0 Å². The minimum atomic E-state index is -4.42. The standard InChI is InChI=1S/C11H13F3N4/c12-11(13,14)8-5-15-10(17-7-3-4-7)18-9(8)16-6-1-2-6/h5-7H,1-4H2,(H2,15,16,17,18). The molecule has 3 rings (SSSR count). The monoisotopic (exact) mass is 258 g/mol. The van der Waals surface area contributed by atoms with Gasteiger partial charge in [-0.15, -0.1) is 0 Å². The molecule has 2 aliphatic carbocycles. The van der Waals surface area contributed by atoms with Crippen molar-refractivity contribution in [3.05, 3.63) is 11.8 Å². The van der Waals surface area contributed by atoms with E-state index in [-0.39, 0.29) is 17.8 Å². The Balaban J connectivity index is 1.86. The molecular weight excluding hydrogens is 245 g/mol. The third-order valence-corrected chi connectivity index (χ3v) is 2.92. The Hall–Kier alpha value is -1.53. The van der Waals surface area contributed by atoms with Crippen molar-refractivity contribution in [2.45, 2.75) is 43.9 Å². The fourth-order valence-corrected chi connectivity index (χ4v) is 1.60. The van der Waals surface area contributed by atoms with Crippen molar-refractivity contribution < 1.29 is 13.2 Å². The minimum Gasteiger partial charge on any atom is -0.367 e. The average molecular weight is 258 g/mol. The second-order valence-corrected chi connectivity index (χ2v) is 4.79. The van der Waals surface area contributed by atoms with Gasteiger partial charge in [-0.2, -0.15) is 18.2 Å². The largest absolute Gasteiger partial charge is 0.421 e.